The minimum Gasteiger partial charge on any atom is -0.337 e. The fourth-order valence-electron chi connectivity index (χ4n) is 3.01. The van der Waals surface area contributed by atoms with Crippen LogP contribution in [0, 0.1) is 0 Å². The van der Waals surface area contributed by atoms with Crippen LogP contribution in [0.5, 0.6) is 0 Å². The summed E-state index contributed by atoms with van der Waals surface area (Å²) >= 11 is 5.90. The molecule has 0 bridgehead atoms. The number of aromatic nitrogens is 1. The van der Waals surface area contributed by atoms with Crippen molar-refractivity contribution in [2.75, 3.05) is 32.7 Å². The number of carbonyl (C=O) groups is 1. The molecule has 5 heteroatoms. The summed E-state index contributed by atoms with van der Waals surface area (Å²) in [7, 11) is 0. The first-order chi connectivity index (χ1) is 11.7. The van der Waals surface area contributed by atoms with Crippen LogP contribution in [0.3, 0.4) is 0 Å². The monoisotopic (exact) mass is 343 g/mol. The highest BCUT2D eigenvalue weighted by atomic mass is 35.5. The Morgan fingerprint density at radius 3 is 2.50 bits per heavy atom. The molecule has 0 atom stereocenters. The predicted octanol–water partition coefficient (Wildman–Crippen LogP) is 3.13. The Hall–Kier alpha value is -1.91. The van der Waals surface area contributed by atoms with E-state index >= 15 is 0 Å². The molecule has 1 fully saturated rings. The highest BCUT2D eigenvalue weighted by Crippen LogP contribution is 2.13. The van der Waals surface area contributed by atoms with Crippen molar-refractivity contribution in [1.29, 1.82) is 0 Å². The molecule has 1 aromatic carbocycles. The molecule has 0 aliphatic carbocycles. The van der Waals surface area contributed by atoms with Gasteiger partial charge in [-0.25, -0.2) is 0 Å². The van der Waals surface area contributed by atoms with E-state index in [1.807, 2.05) is 17.3 Å². The molecule has 1 aliphatic heterocycles. The third kappa shape index (κ3) is 4.56. The number of benzene rings is 1. The number of nitrogens with zero attached hydrogens (tertiary/aromatic N) is 3. The van der Waals surface area contributed by atoms with Crippen molar-refractivity contribution in [3.8, 4) is 0 Å². The first kappa shape index (κ1) is 16.9. The molecular formula is C19H22ClN3O. The highest BCUT2D eigenvalue weighted by molar-refractivity contribution is 6.30. The van der Waals surface area contributed by atoms with E-state index < -0.39 is 0 Å². The van der Waals surface area contributed by atoms with Gasteiger partial charge in [0.1, 0.15) is 0 Å². The maximum absolute atomic E-state index is 12.6. The van der Waals surface area contributed by atoms with Crippen molar-refractivity contribution in [1.82, 2.24) is 14.8 Å². The average Bonchev–Trinajstić information content (AvgIpc) is 2.86. The Morgan fingerprint density at radius 1 is 1.00 bits per heavy atom. The number of halogens is 1. The van der Waals surface area contributed by atoms with E-state index in [0.717, 1.165) is 45.6 Å². The van der Waals surface area contributed by atoms with Crippen molar-refractivity contribution >= 4 is 17.5 Å². The lowest BCUT2D eigenvalue weighted by atomic mass is 10.2. The molecule has 1 saturated heterocycles. The van der Waals surface area contributed by atoms with Crippen molar-refractivity contribution < 1.29 is 4.79 Å². The van der Waals surface area contributed by atoms with Crippen LogP contribution in [0.15, 0.2) is 48.8 Å². The fraction of sp³-hybridized carbons (Fsp3) is 0.368. The standard InChI is InChI=1S/C19H22ClN3O/c20-18-4-2-17(3-5-18)19(24)23-12-1-11-22(14-15-23)13-8-16-6-9-21-10-7-16/h2-7,9-10H,1,8,11-15H2. The number of hydrogen-bond donors (Lipinski definition) is 0. The molecule has 0 N–H and O–H groups in total. The second-order valence-corrected chi connectivity index (χ2v) is 6.54. The number of rotatable bonds is 4. The van der Waals surface area contributed by atoms with Gasteiger partial charge in [0, 0.05) is 49.2 Å². The van der Waals surface area contributed by atoms with Crippen molar-refractivity contribution in [2.45, 2.75) is 12.8 Å². The average molecular weight is 344 g/mol. The molecule has 3 rings (SSSR count). The molecule has 1 amide bonds. The van der Waals surface area contributed by atoms with Crippen molar-refractivity contribution in [2.24, 2.45) is 0 Å². The van der Waals surface area contributed by atoms with E-state index in [0.29, 0.717) is 10.6 Å². The first-order valence-electron chi connectivity index (χ1n) is 8.38. The fourth-order valence-corrected chi connectivity index (χ4v) is 3.14. The van der Waals surface area contributed by atoms with Gasteiger partial charge in [0.05, 0.1) is 0 Å². The van der Waals surface area contributed by atoms with Crippen LogP contribution in [0.25, 0.3) is 0 Å². The van der Waals surface area contributed by atoms with Gasteiger partial charge in [-0.05, 0) is 61.3 Å². The van der Waals surface area contributed by atoms with Crippen LogP contribution in [-0.4, -0.2) is 53.4 Å². The van der Waals surface area contributed by atoms with Gasteiger partial charge in [-0.1, -0.05) is 11.6 Å². The van der Waals surface area contributed by atoms with Gasteiger partial charge in [-0.2, -0.15) is 0 Å². The SMILES string of the molecule is O=C(c1ccc(Cl)cc1)N1CCCN(CCc2ccncc2)CC1. The summed E-state index contributed by atoms with van der Waals surface area (Å²) in [6, 6.07) is 11.3. The minimum absolute atomic E-state index is 0.0997. The molecule has 1 aliphatic rings. The van der Waals surface area contributed by atoms with Gasteiger partial charge in [0.25, 0.3) is 5.91 Å². The molecule has 0 spiro atoms. The molecule has 2 heterocycles. The lowest BCUT2D eigenvalue weighted by Gasteiger charge is -2.22. The molecular weight excluding hydrogens is 322 g/mol. The molecule has 1 aromatic heterocycles. The Balaban J connectivity index is 1.53. The van der Waals surface area contributed by atoms with Gasteiger partial charge in [-0.15, -0.1) is 0 Å². The van der Waals surface area contributed by atoms with Crippen LogP contribution in [0.1, 0.15) is 22.3 Å². The Kier molecular flexibility index (Phi) is 5.83. The topological polar surface area (TPSA) is 36.4 Å². The van der Waals surface area contributed by atoms with Crippen LogP contribution >= 0.6 is 11.6 Å². The summed E-state index contributed by atoms with van der Waals surface area (Å²) in [6.07, 6.45) is 5.71. The van der Waals surface area contributed by atoms with Crippen LogP contribution < -0.4 is 0 Å². The summed E-state index contributed by atoms with van der Waals surface area (Å²) < 4.78 is 0. The number of amides is 1. The van der Waals surface area contributed by atoms with Gasteiger partial charge < -0.3 is 9.80 Å². The summed E-state index contributed by atoms with van der Waals surface area (Å²) in [4.78, 5) is 21.1. The van der Waals surface area contributed by atoms with Gasteiger partial charge in [0.15, 0.2) is 0 Å². The van der Waals surface area contributed by atoms with E-state index in [2.05, 4.69) is 22.0 Å². The second-order valence-electron chi connectivity index (χ2n) is 6.10. The van der Waals surface area contributed by atoms with E-state index in [4.69, 9.17) is 11.6 Å². The van der Waals surface area contributed by atoms with Crippen molar-refractivity contribution in [3.05, 3.63) is 64.9 Å². The van der Waals surface area contributed by atoms with E-state index in [9.17, 15) is 4.79 Å². The Bertz CT molecular complexity index is 660. The largest absolute Gasteiger partial charge is 0.337 e. The predicted molar refractivity (Wildman–Crippen MR) is 96.4 cm³/mol. The third-order valence-corrected chi connectivity index (χ3v) is 4.68. The number of hydrogen-bond acceptors (Lipinski definition) is 3. The summed E-state index contributed by atoms with van der Waals surface area (Å²) in [5.74, 6) is 0.0997. The lowest BCUT2D eigenvalue weighted by molar-refractivity contribution is 0.0761. The highest BCUT2D eigenvalue weighted by Gasteiger charge is 2.20. The van der Waals surface area contributed by atoms with Crippen molar-refractivity contribution in [3.63, 3.8) is 0 Å². The van der Waals surface area contributed by atoms with Crippen LogP contribution in [-0.2, 0) is 6.42 Å². The van der Waals surface area contributed by atoms with Crippen LogP contribution in [0.4, 0.5) is 0 Å². The minimum atomic E-state index is 0.0997. The van der Waals surface area contributed by atoms with Gasteiger partial charge >= 0.3 is 0 Å². The summed E-state index contributed by atoms with van der Waals surface area (Å²) in [6.45, 7) is 4.57. The zero-order valence-electron chi connectivity index (χ0n) is 13.7. The second kappa shape index (κ2) is 8.27. The zero-order chi connectivity index (χ0) is 16.8. The summed E-state index contributed by atoms with van der Waals surface area (Å²) in [5, 5.41) is 0.657. The molecule has 126 valence electrons. The molecule has 0 unspecified atom stereocenters. The normalized spacial score (nSPS) is 16.0. The maximum Gasteiger partial charge on any atom is 0.253 e. The molecule has 24 heavy (non-hydrogen) atoms. The third-order valence-electron chi connectivity index (χ3n) is 4.43. The van der Waals surface area contributed by atoms with E-state index in [1.165, 1.54) is 5.56 Å². The van der Waals surface area contributed by atoms with Gasteiger partial charge in [-0.3, -0.25) is 9.78 Å². The Labute approximate surface area is 148 Å². The van der Waals surface area contributed by atoms with E-state index in [-0.39, 0.29) is 5.91 Å². The zero-order valence-corrected chi connectivity index (χ0v) is 14.5. The smallest absolute Gasteiger partial charge is 0.253 e. The van der Waals surface area contributed by atoms with E-state index in [1.54, 1.807) is 24.3 Å². The molecule has 4 nitrogen and oxygen atoms in total. The quantitative estimate of drug-likeness (QED) is 0.855. The lowest BCUT2D eigenvalue weighted by Crippen LogP contribution is -2.35. The molecule has 0 radical (unpaired) electrons. The first-order valence-corrected chi connectivity index (χ1v) is 8.76. The maximum atomic E-state index is 12.6. The molecule has 0 saturated carbocycles. The van der Waals surface area contributed by atoms with Crippen LogP contribution in [0.2, 0.25) is 5.02 Å². The number of carbonyl (C=O) groups excluding carboxylic acids is 1. The molecule has 2 aromatic rings. The summed E-state index contributed by atoms with van der Waals surface area (Å²) in [5.41, 5.74) is 2.02. The Morgan fingerprint density at radius 2 is 1.75 bits per heavy atom. The van der Waals surface area contributed by atoms with Gasteiger partial charge in [0.2, 0.25) is 0 Å². The number of pyridine rings is 1.